The molecule has 21 heavy (non-hydrogen) atoms. The number of carboxylic acids is 1. The minimum absolute atomic E-state index is 0.00554. The Hall–Kier alpha value is -0.990. The number of carboxylic acid groups (broad SMARTS) is 1. The lowest BCUT2D eigenvalue weighted by Crippen LogP contribution is -2.30. The average molecular weight is 380 g/mol. The van der Waals surface area contributed by atoms with Crippen LogP contribution in [0.3, 0.4) is 0 Å². The summed E-state index contributed by atoms with van der Waals surface area (Å²) in [5, 5.41) is 9.09. The van der Waals surface area contributed by atoms with Crippen molar-refractivity contribution in [2.24, 2.45) is 11.8 Å². The highest BCUT2D eigenvalue weighted by Gasteiger charge is 2.41. The molecule has 0 bridgehead atoms. The molecule has 0 aromatic heterocycles. The van der Waals surface area contributed by atoms with Crippen molar-refractivity contribution in [2.75, 3.05) is 13.1 Å². The van der Waals surface area contributed by atoms with E-state index in [9.17, 15) is 17.6 Å². The van der Waals surface area contributed by atoms with Crippen LogP contribution in [0.5, 0.6) is 0 Å². The smallest absolute Gasteiger partial charge is 0.308 e. The minimum Gasteiger partial charge on any atom is -0.481 e. The molecule has 0 amide bonds. The highest BCUT2D eigenvalue weighted by atomic mass is 79.9. The number of hydrogen-bond acceptors (Lipinski definition) is 3. The van der Waals surface area contributed by atoms with E-state index >= 15 is 0 Å². The Bertz CT molecular complexity index is 692. The van der Waals surface area contributed by atoms with Crippen LogP contribution in [-0.2, 0) is 14.8 Å². The van der Waals surface area contributed by atoms with Gasteiger partial charge in [0.25, 0.3) is 0 Å². The van der Waals surface area contributed by atoms with Crippen LogP contribution in [0.25, 0.3) is 0 Å². The quantitative estimate of drug-likeness (QED) is 0.873. The summed E-state index contributed by atoms with van der Waals surface area (Å²) in [6.07, 6.45) is 0. The largest absolute Gasteiger partial charge is 0.481 e. The van der Waals surface area contributed by atoms with Crippen molar-refractivity contribution in [3.05, 3.63) is 28.0 Å². The number of nitrogens with zero attached hydrogens (tertiary/aromatic N) is 1. The number of aliphatic carboxylic acids is 1. The molecule has 1 aromatic carbocycles. The van der Waals surface area contributed by atoms with E-state index in [1.807, 2.05) is 0 Å². The molecule has 2 atom stereocenters. The molecule has 1 aliphatic heterocycles. The highest BCUT2D eigenvalue weighted by molar-refractivity contribution is 9.10. The fourth-order valence-corrected chi connectivity index (χ4v) is 4.78. The zero-order chi connectivity index (χ0) is 15.9. The van der Waals surface area contributed by atoms with Crippen LogP contribution in [-0.4, -0.2) is 36.9 Å². The van der Waals surface area contributed by atoms with E-state index in [4.69, 9.17) is 5.11 Å². The van der Waals surface area contributed by atoms with E-state index in [0.29, 0.717) is 5.56 Å². The van der Waals surface area contributed by atoms with Crippen LogP contribution in [0, 0.1) is 24.6 Å². The van der Waals surface area contributed by atoms with Gasteiger partial charge in [0.2, 0.25) is 10.0 Å². The molecule has 8 heteroatoms. The molecule has 1 aliphatic rings. The Kier molecular flexibility index (Phi) is 4.41. The summed E-state index contributed by atoms with van der Waals surface area (Å²) in [6.45, 7) is 3.30. The topological polar surface area (TPSA) is 74.7 Å². The monoisotopic (exact) mass is 379 g/mol. The summed E-state index contributed by atoms with van der Waals surface area (Å²) < 4.78 is 39.9. The Morgan fingerprint density at radius 2 is 2.05 bits per heavy atom. The van der Waals surface area contributed by atoms with Crippen LogP contribution in [0.2, 0.25) is 0 Å². The second-order valence-corrected chi connectivity index (χ2v) is 8.04. The minimum atomic E-state index is -3.83. The molecule has 0 unspecified atom stereocenters. The summed E-state index contributed by atoms with van der Waals surface area (Å²) in [7, 11) is -3.83. The van der Waals surface area contributed by atoms with Crippen molar-refractivity contribution in [2.45, 2.75) is 18.7 Å². The fraction of sp³-hybridized carbons (Fsp3) is 0.462. The maximum atomic E-state index is 13.4. The van der Waals surface area contributed by atoms with Gasteiger partial charge in [-0.1, -0.05) is 6.92 Å². The predicted molar refractivity (Wildman–Crippen MR) is 77.9 cm³/mol. The highest BCUT2D eigenvalue weighted by Crippen LogP contribution is 2.31. The molecule has 1 heterocycles. The Labute approximate surface area is 130 Å². The molecule has 1 N–H and O–H groups in total. The third-order valence-electron chi connectivity index (χ3n) is 3.73. The Morgan fingerprint density at radius 1 is 1.43 bits per heavy atom. The van der Waals surface area contributed by atoms with Gasteiger partial charge < -0.3 is 5.11 Å². The lowest BCUT2D eigenvalue weighted by Gasteiger charge is -2.18. The van der Waals surface area contributed by atoms with Gasteiger partial charge in [-0.05, 0) is 46.5 Å². The number of halogens is 2. The van der Waals surface area contributed by atoms with Gasteiger partial charge in [0.05, 0.1) is 15.3 Å². The SMILES string of the molecule is Cc1cc(F)c(Br)cc1S(=O)(=O)N1C[C@@H](C)[C@H](C(=O)O)C1. The summed E-state index contributed by atoms with van der Waals surface area (Å²) in [5.74, 6) is -2.52. The van der Waals surface area contributed by atoms with E-state index < -0.39 is 27.7 Å². The molecule has 5 nitrogen and oxygen atoms in total. The zero-order valence-electron chi connectivity index (χ0n) is 11.5. The summed E-state index contributed by atoms with van der Waals surface area (Å²) in [4.78, 5) is 11.1. The van der Waals surface area contributed by atoms with Gasteiger partial charge in [-0.2, -0.15) is 4.31 Å². The number of hydrogen-bond donors (Lipinski definition) is 1. The van der Waals surface area contributed by atoms with E-state index in [2.05, 4.69) is 15.9 Å². The predicted octanol–water partition coefficient (Wildman–Crippen LogP) is 2.24. The summed E-state index contributed by atoms with van der Waals surface area (Å²) >= 11 is 2.98. The standard InChI is InChI=1S/C13H15BrFNO4S/c1-7-3-11(15)10(14)4-12(7)21(19,20)16-5-8(2)9(6-16)13(17)18/h3-4,8-9H,5-6H2,1-2H3,(H,17,18)/t8-,9-/m1/s1. The third kappa shape index (κ3) is 2.97. The molecule has 0 spiro atoms. The normalized spacial score (nSPS) is 23.4. The molecule has 0 radical (unpaired) electrons. The van der Waals surface area contributed by atoms with Crippen molar-refractivity contribution in [1.82, 2.24) is 4.31 Å². The maximum Gasteiger partial charge on any atom is 0.308 e. The second-order valence-electron chi connectivity index (χ2n) is 5.28. The first-order chi connectivity index (χ1) is 9.64. The zero-order valence-corrected chi connectivity index (χ0v) is 13.9. The van der Waals surface area contributed by atoms with Gasteiger partial charge in [0.15, 0.2) is 0 Å². The van der Waals surface area contributed by atoms with Crippen molar-refractivity contribution in [1.29, 1.82) is 0 Å². The van der Waals surface area contributed by atoms with E-state index in [1.165, 1.54) is 13.0 Å². The van der Waals surface area contributed by atoms with Gasteiger partial charge in [0, 0.05) is 13.1 Å². The third-order valence-corrected chi connectivity index (χ3v) is 6.31. The van der Waals surface area contributed by atoms with Crippen LogP contribution >= 0.6 is 15.9 Å². The van der Waals surface area contributed by atoms with Gasteiger partial charge in [-0.3, -0.25) is 4.79 Å². The van der Waals surface area contributed by atoms with Crippen molar-refractivity contribution >= 4 is 31.9 Å². The summed E-state index contributed by atoms with van der Waals surface area (Å²) in [6, 6.07) is 2.36. The molecule has 0 aliphatic carbocycles. The number of sulfonamides is 1. The molecule has 0 saturated carbocycles. The average Bonchev–Trinajstić information content (AvgIpc) is 2.76. The van der Waals surface area contributed by atoms with Crippen LogP contribution in [0.1, 0.15) is 12.5 Å². The van der Waals surface area contributed by atoms with Crippen molar-refractivity contribution < 1.29 is 22.7 Å². The maximum absolute atomic E-state index is 13.4. The number of carbonyl (C=O) groups is 1. The van der Waals surface area contributed by atoms with Gasteiger partial charge in [0.1, 0.15) is 5.82 Å². The van der Waals surface area contributed by atoms with Gasteiger partial charge in [-0.15, -0.1) is 0 Å². The molecule has 2 rings (SSSR count). The fourth-order valence-electron chi connectivity index (χ4n) is 2.49. The van der Waals surface area contributed by atoms with Crippen LogP contribution in [0.4, 0.5) is 4.39 Å². The molecule has 1 fully saturated rings. The first-order valence-corrected chi connectivity index (χ1v) is 8.56. The molecule has 116 valence electrons. The van der Waals surface area contributed by atoms with Gasteiger partial charge >= 0.3 is 5.97 Å². The van der Waals surface area contributed by atoms with Crippen LogP contribution < -0.4 is 0 Å². The number of rotatable bonds is 3. The number of aryl methyl sites for hydroxylation is 1. The Morgan fingerprint density at radius 3 is 2.57 bits per heavy atom. The van der Waals surface area contributed by atoms with Gasteiger partial charge in [-0.25, -0.2) is 12.8 Å². The molecule has 1 aromatic rings. The first kappa shape index (κ1) is 16.4. The van der Waals surface area contributed by atoms with Crippen LogP contribution in [0.15, 0.2) is 21.5 Å². The van der Waals surface area contributed by atoms with E-state index in [0.717, 1.165) is 10.4 Å². The first-order valence-electron chi connectivity index (χ1n) is 6.33. The summed E-state index contributed by atoms with van der Waals surface area (Å²) in [5.41, 5.74) is 0.294. The lowest BCUT2D eigenvalue weighted by molar-refractivity contribution is -0.142. The molecular formula is C13H15BrFNO4S. The second kappa shape index (κ2) is 5.66. The molecular weight excluding hydrogens is 365 g/mol. The van der Waals surface area contributed by atoms with Crippen molar-refractivity contribution in [3.63, 3.8) is 0 Å². The van der Waals surface area contributed by atoms with E-state index in [1.54, 1.807) is 6.92 Å². The van der Waals surface area contributed by atoms with Crippen molar-refractivity contribution in [3.8, 4) is 0 Å². The molecule has 1 saturated heterocycles. The van der Waals surface area contributed by atoms with E-state index in [-0.39, 0.29) is 28.4 Å². The number of benzene rings is 1. The Balaban J connectivity index is 2.40. The lowest BCUT2D eigenvalue weighted by atomic mass is 9.99.